The molecule has 2 N–H and O–H groups in total. The molecule has 0 aliphatic heterocycles. The molecule has 0 aliphatic carbocycles. The minimum Gasteiger partial charge on any atom is -0.484 e. The first-order valence-electron chi connectivity index (χ1n) is 13.1. The van der Waals surface area contributed by atoms with Gasteiger partial charge in [-0.15, -0.1) is 11.8 Å². The van der Waals surface area contributed by atoms with Crippen molar-refractivity contribution in [3.63, 3.8) is 0 Å². The van der Waals surface area contributed by atoms with Gasteiger partial charge in [0.15, 0.2) is 6.61 Å². The van der Waals surface area contributed by atoms with E-state index in [4.69, 9.17) is 9.47 Å². The number of benzene rings is 5. The predicted molar refractivity (Wildman–Crippen MR) is 164 cm³/mol. The Bertz CT molecular complexity index is 1560. The third-order valence-corrected chi connectivity index (χ3v) is 7.17. The van der Waals surface area contributed by atoms with Gasteiger partial charge in [0.05, 0.1) is 0 Å². The van der Waals surface area contributed by atoms with Crippen molar-refractivity contribution in [2.45, 2.75) is 10.1 Å². The summed E-state index contributed by atoms with van der Waals surface area (Å²) in [5, 5.41) is 5.37. The number of thioether (sulfide) groups is 1. The Morgan fingerprint density at radius 2 is 1.22 bits per heavy atom. The molecule has 0 spiro atoms. The lowest BCUT2D eigenvalue weighted by Gasteiger charge is -2.18. The number of nitrogens with one attached hydrogen (secondary N) is 2. The van der Waals surface area contributed by atoms with E-state index >= 15 is 0 Å². The predicted octanol–water partition coefficient (Wildman–Crippen LogP) is 7.97. The molecule has 1 atom stereocenters. The number of ether oxygens (including phenoxy) is 2. The maximum Gasteiger partial charge on any atom is 0.262 e. The van der Waals surface area contributed by atoms with Crippen LogP contribution >= 0.6 is 11.8 Å². The first-order chi connectivity index (χ1) is 20.1. The molecule has 204 valence electrons. The maximum absolute atomic E-state index is 13.5. The number of amides is 2. The number of carbonyl (C=O) groups is 2. The van der Waals surface area contributed by atoms with Gasteiger partial charge < -0.3 is 20.1 Å². The van der Waals surface area contributed by atoms with E-state index in [-0.39, 0.29) is 18.4 Å². The van der Waals surface area contributed by atoms with E-state index in [1.54, 1.807) is 18.2 Å². The van der Waals surface area contributed by atoms with Crippen molar-refractivity contribution in [2.24, 2.45) is 0 Å². The molecule has 0 radical (unpaired) electrons. The second-order valence-electron chi connectivity index (χ2n) is 9.02. The molecule has 1 unspecified atom stereocenters. The fourth-order valence-electron chi connectivity index (χ4n) is 3.99. The molecule has 0 heterocycles. The monoisotopic (exact) mass is 560 g/mol. The van der Waals surface area contributed by atoms with Gasteiger partial charge in [0.25, 0.3) is 5.91 Å². The molecular weight excluding hydrogens is 532 g/mol. The van der Waals surface area contributed by atoms with Crippen LogP contribution in [0.1, 0.15) is 10.8 Å². The van der Waals surface area contributed by atoms with Gasteiger partial charge in [0, 0.05) is 16.3 Å². The van der Waals surface area contributed by atoms with Gasteiger partial charge in [0.1, 0.15) is 22.5 Å². The van der Waals surface area contributed by atoms with E-state index in [1.165, 1.54) is 11.8 Å². The molecule has 5 aromatic rings. The Kier molecular flexibility index (Phi) is 9.32. The van der Waals surface area contributed by atoms with Gasteiger partial charge >= 0.3 is 0 Å². The van der Waals surface area contributed by atoms with Crippen molar-refractivity contribution in [3.8, 4) is 17.2 Å². The number of hydrogen-bond acceptors (Lipinski definition) is 5. The van der Waals surface area contributed by atoms with Gasteiger partial charge in [-0.3, -0.25) is 9.59 Å². The summed E-state index contributed by atoms with van der Waals surface area (Å²) < 4.78 is 11.4. The molecule has 0 aromatic heterocycles. The van der Waals surface area contributed by atoms with Crippen molar-refractivity contribution in [1.82, 2.24) is 0 Å². The largest absolute Gasteiger partial charge is 0.484 e. The van der Waals surface area contributed by atoms with Crippen LogP contribution in [0, 0.1) is 0 Å². The summed E-state index contributed by atoms with van der Waals surface area (Å²) >= 11 is 1.41. The number of rotatable bonds is 11. The fourth-order valence-corrected chi connectivity index (χ4v) is 5.07. The van der Waals surface area contributed by atoms with Crippen molar-refractivity contribution in [2.75, 3.05) is 17.2 Å². The Morgan fingerprint density at radius 1 is 0.610 bits per heavy atom. The minimum absolute atomic E-state index is 0.106. The van der Waals surface area contributed by atoms with Crippen molar-refractivity contribution in [1.29, 1.82) is 0 Å². The molecule has 5 aromatic carbocycles. The molecular formula is C34H28N2O4S. The zero-order valence-corrected chi connectivity index (χ0v) is 22.9. The van der Waals surface area contributed by atoms with Crippen molar-refractivity contribution in [3.05, 3.63) is 145 Å². The molecule has 5 rings (SSSR count). The molecule has 7 heteroatoms. The number of para-hydroxylation sites is 2. The van der Waals surface area contributed by atoms with E-state index in [9.17, 15) is 9.59 Å². The second kappa shape index (κ2) is 13.9. The van der Waals surface area contributed by atoms with Crippen LogP contribution in [-0.4, -0.2) is 18.4 Å². The van der Waals surface area contributed by atoms with Crippen molar-refractivity contribution < 1.29 is 19.1 Å². The van der Waals surface area contributed by atoms with Crippen molar-refractivity contribution >= 4 is 35.0 Å². The van der Waals surface area contributed by atoms with Crippen LogP contribution < -0.4 is 20.1 Å². The van der Waals surface area contributed by atoms with E-state index in [2.05, 4.69) is 10.6 Å². The molecule has 0 fully saturated rings. The van der Waals surface area contributed by atoms with Gasteiger partial charge in [-0.2, -0.15) is 0 Å². The number of carbonyl (C=O) groups excluding carboxylic acids is 2. The minimum atomic E-state index is -0.524. The van der Waals surface area contributed by atoms with Crippen LogP contribution in [0.4, 0.5) is 11.4 Å². The quantitative estimate of drug-likeness (QED) is 0.160. The summed E-state index contributed by atoms with van der Waals surface area (Å²) in [6.07, 6.45) is 0. The molecule has 41 heavy (non-hydrogen) atoms. The van der Waals surface area contributed by atoms with Gasteiger partial charge in [-0.05, 0) is 72.3 Å². The van der Waals surface area contributed by atoms with E-state index in [1.807, 2.05) is 121 Å². The molecule has 0 saturated carbocycles. The maximum atomic E-state index is 13.5. The lowest BCUT2D eigenvalue weighted by atomic mass is 10.1. The average molecular weight is 561 g/mol. The Hall–Kier alpha value is -5.01. The zero-order chi connectivity index (χ0) is 28.3. The van der Waals surface area contributed by atoms with Crippen LogP contribution in [0.25, 0.3) is 0 Å². The summed E-state index contributed by atoms with van der Waals surface area (Å²) in [6, 6.07) is 43.0. The first kappa shape index (κ1) is 27.6. The lowest BCUT2D eigenvalue weighted by Crippen LogP contribution is -2.20. The summed E-state index contributed by atoms with van der Waals surface area (Å²) in [4.78, 5) is 26.8. The fraction of sp³-hybridized carbons (Fsp3) is 0.0588. The van der Waals surface area contributed by atoms with Gasteiger partial charge in [-0.1, -0.05) is 72.8 Å². The molecule has 0 aliphatic rings. The average Bonchev–Trinajstić information content (AvgIpc) is 3.01. The zero-order valence-electron chi connectivity index (χ0n) is 22.1. The van der Waals surface area contributed by atoms with E-state index < -0.39 is 5.25 Å². The lowest BCUT2D eigenvalue weighted by molar-refractivity contribution is -0.118. The third-order valence-electron chi connectivity index (χ3n) is 5.93. The topological polar surface area (TPSA) is 76.7 Å². The molecule has 2 amide bonds. The smallest absolute Gasteiger partial charge is 0.262 e. The first-order valence-corrected chi connectivity index (χ1v) is 13.9. The Labute approximate surface area is 243 Å². The second-order valence-corrected chi connectivity index (χ2v) is 10.2. The molecule has 0 saturated heterocycles. The summed E-state index contributed by atoms with van der Waals surface area (Å²) in [6.45, 7) is -0.106. The standard InChI is InChI=1S/C34H28N2O4S/c37-32(24-39-28-14-6-2-7-15-28)35-27-13-10-18-31(23-27)41-33(25-11-4-1-5-12-25)34(38)36-26-19-21-30(22-20-26)40-29-16-8-3-9-17-29/h1-23,33H,24H2,(H,35,37)(H,36,38). The normalized spacial score (nSPS) is 11.2. The van der Waals surface area contributed by atoms with E-state index in [0.717, 1.165) is 16.2 Å². The Morgan fingerprint density at radius 3 is 1.90 bits per heavy atom. The SMILES string of the molecule is O=C(COc1ccccc1)Nc1cccc(SC(C(=O)Nc2ccc(Oc3ccccc3)cc2)c2ccccc2)c1. The van der Waals surface area contributed by atoms with Gasteiger partial charge in [-0.25, -0.2) is 0 Å². The highest BCUT2D eigenvalue weighted by Gasteiger charge is 2.22. The number of hydrogen-bond donors (Lipinski definition) is 2. The highest BCUT2D eigenvalue weighted by molar-refractivity contribution is 8.00. The summed E-state index contributed by atoms with van der Waals surface area (Å²) in [7, 11) is 0. The van der Waals surface area contributed by atoms with Crippen LogP contribution in [0.2, 0.25) is 0 Å². The highest BCUT2D eigenvalue weighted by Crippen LogP contribution is 2.37. The van der Waals surface area contributed by atoms with Gasteiger partial charge in [0.2, 0.25) is 5.91 Å². The van der Waals surface area contributed by atoms with Crippen LogP contribution in [0.3, 0.4) is 0 Å². The molecule has 0 bridgehead atoms. The van der Waals surface area contributed by atoms with Crippen LogP contribution in [-0.2, 0) is 9.59 Å². The van der Waals surface area contributed by atoms with E-state index in [0.29, 0.717) is 22.9 Å². The summed E-state index contributed by atoms with van der Waals surface area (Å²) in [5.74, 6) is 1.61. The highest BCUT2D eigenvalue weighted by atomic mass is 32.2. The molecule has 6 nitrogen and oxygen atoms in total. The Balaban J connectivity index is 1.24. The third kappa shape index (κ3) is 8.24. The van der Waals surface area contributed by atoms with Crippen LogP contribution in [0.5, 0.6) is 17.2 Å². The number of anilines is 2. The van der Waals surface area contributed by atoms with Crippen LogP contribution in [0.15, 0.2) is 144 Å². The summed E-state index contributed by atoms with van der Waals surface area (Å²) in [5.41, 5.74) is 2.15.